The number of rotatable bonds is 10. The number of sulfonamides is 1. The monoisotopic (exact) mass is 438 g/mol. The summed E-state index contributed by atoms with van der Waals surface area (Å²) in [6.07, 6.45) is 1.76. The average Bonchev–Trinajstić information content (AvgIpc) is 2.66. The van der Waals surface area contributed by atoms with Crippen LogP contribution in [0, 0.1) is 6.92 Å². The summed E-state index contributed by atoms with van der Waals surface area (Å²) in [5.41, 5.74) is 2.17. The number of hydrogen-bond donors (Lipinski definition) is 1. The van der Waals surface area contributed by atoms with E-state index in [4.69, 9.17) is 16.3 Å². The first-order valence-electron chi connectivity index (χ1n) is 9.43. The van der Waals surface area contributed by atoms with Crippen LogP contribution in [-0.4, -0.2) is 33.7 Å². The van der Waals surface area contributed by atoms with Crippen LogP contribution in [0.2, 0.25) is 5.02 Å². The van der Waals surface area contributed by atoms with Gasteiger partial charge in [0.25, 0.3) is 0 Å². The molecule has 0 spiro atoms. The van der Waals surface area contributed by atoms with Crippen LogP contribution in [0.25, 0.3) is 0 Å². The molecule has 0 aliphatic carbocycles. The molecule has 0 saturated carbocycles. The molecule has 29 heavy (non-hydrogen) atoms. The van der Waals surface area contributed by atoms with Crippen molar-refractivity contribution in [3.8, 4) is 5.75 Å². The Morgan fingerprint density at radius 1 is 1.21 bits per heavy atom. The molecule has 2 aromatic rings. The second-order valence-corrected chi connectivity index (χ2v) is 8.99. The minimum absolute atomic E-state index is 0.136. The van der Waals surface area contributed by atoms with Crippen molar-refractivity contribution < 1.29 is 17.9 Å². The maximum Gasteiger partial charge on any atom is 0.232 e. The Balaban J connectivity index is 1.91. The number of ether oxygens (including phenoxy) is 1. The first-order chi connectivity index (χ1) is 13.7. The van der Waals surface area contributed by atoms with E-state index in [1.165, 1.54) is 4.31 Å². The number of benzene rings is 2. The summed E-state index contributed by atoms with van der Waals surface area (Å²) in [5.74, 6) is 0.628. The van der Waals surface area contributed by atoms with Crippen LogP contribution in [0.4, 0.5) is 5.69 Å². The Morgan fingerprint density at radius 2 is 1.93 bits per heavy atom. The Morgan fingerprint density at radius 3 is 2.62 bits per heavy atom. The molecule has 0 unspecified atom stereocenters. The molecule has 1 N–H and O–H groups in total. The normalized spacial score (nSPS) is 11.2. The van der Waals surface area contributed by atoms with Gasteiger partial charge in [-0.3, -0.25) is 9.10 Å². The third-order valence-electron chi connectivity index (χ3n) is 4.37. The van der Waals surface area contributed by atoms with Crippen LogP contribution in [0.3, 0.4) is 0 Å². The van der Waals surface area contributed by atoms with E-state index < -0.39 is 10.0 Å². The van der Waals surface area contributed by atoms with Crippen LogP contribution in [0.15, 0.2) is 42.5 Å². The number of hydrogen-bond acceptors (Lipinski definition) is 4. The summed E-state index contributed by atoms with van der Waals surface area (Å²) in [7, 11) is -3.49. The van der Waals surface area contributed by atoms with E-state index >= 15 is 0 Å². The van der Waals surface area contributed by atoms with Crippen molar-refractivity contribution in [3.63, 3.8) is 0 Å². The molecule has 0 aromatic heterocycles. The standard InChI is InChI=1S/C21H27ClN2O4S/c1-4-28-18-9-5-8-17(14-18)15-23-21(25)12-7-13-24(29(3,26)27)20-11-6-10-19(22)16(20)2/h5-6,8-11,14H,4,7,12-13,15H2,1-3H3,(H,23,25). The second kappa shape index (κ2) is 10.5. The molecular weight excluding hydrogens is 412 g/mol. The van der Waals surface area contributed by atoms with Crippen molar-refractivity contribution in [2.24, 2.45) is 0 Å². The molecular formula is C21H27ClN2O4S. The molecule has 2 rings (SSSR count). The number of anilines is 1. The fourth-order valence-electron chi connectivity index (χ4n) is 2.92. The van der Waals surface area contributed by atoms with Gasteiger partial charge in [-0.05, 0) is 55.7 Å². The third-order valence-corrected chi connectivity index (χ3v) is 5.96. The van der Waals surface area contributed by atoms with Crippen LogP contribution in [0.1, 0.15) is 30.9 Å². The summed E-state index contributed by atoms with van der Waals surface area (Å²) in [6, 6.07) is 12.7. The zero-order valence-corrected chi connectivity index (χ0v) is 18.5. The lowest BCUT2D eigenvalue weighted by molar-refractivity contribution is -0.121. The van der Waals surface area contributed by atoms with E-state index in [9.17, 15) is 13.2 Å². The lowest BCUT2D eigenvalue weighted by Gasteiger charge is -2.24. The maximum atomic E-state index is 12.2. The fraction of sp³-hybridized carbons (Fsp3) is 0.381. The van der Waals surface area contributed by atoms with Gasteiger partial charge in [0.05, 0.1) is 18.6 Å². The van der Waals surface area contributed by atoms with Gasteiger partial charge in [0.1, 0.15) is 5.75 Å². The number of nitrogens with zero attached hydrogens (tertiary/aromatic N) is 1. The van der Waals surface area contributed by atoms with Gasteiger partial charge >= 0.3 is 0 Å². The largest absolute Gasteiger partial charge is 0.494 e. The van der Waals surface area contributed by atoms with Crippen LogP contribution >= 0.6 is 11.6 Å². The van der Waals surface area contributed by atoms with Gasteiger partial charge < -0.3 is 10.1 Å². The first-order valence-corrected chi connectivity index (χ1v) is 11.7. The predicted molar refractivity (Wildman–Crippen MR) is 117 cm³/mol. The van der Waals surface area contributed by atoms with Crippen molar-refractivity contribution in [1.82, 2.24) is 5.32 Å². The number of amides is 1. The number of nitrogens with one attached hydrogen (secondary N) is 1. The van der Waals surface area contributed by atoms with Crippen LogP contribution in [0.5, 0.6) is 5.75 Å². The highest BCUT2D eigenvalue weighted by atomic mass is 35.5. The van der Waals surface area contributed by atoms with Gasteiger partial charge in [0, 0.05) is 24.5 Å². The first kappa shape index (κ1) is 23.0. The lowest BCUT2D eigenvalue weighted by atomic mass is 10.2. The minimum Gasteiger partial charge on any atom is -0.494 e. The van der Waals surface area contributed by atoms with Crippen molar-refractivity contribution in [2.75, 3.05) is 23.7 Å². The highest BCUT2D eigenvalue weighted by molar-refractivity contribution is 7.92. The van der Waals surface area contributed by atoms with Gasteiger partial charge in [-0.1, -0.05) is 29.8 Å². The smallest absolute Gasteiger partial charge is 0.232 e. The quantitative estimate of drug-likeness (QED) is 0.610. The summed E-state index contributed by atoms with van der Waals surface area (Å²) >= 11 is 6.13. The molecule has 0 heterocycles. The fourth-order valence-corrected chi connectivity index (χ4v) is 4.10. The molecule has 1 amide bonds. The molecule has 0 radical (unpaired) electrons. The minimum atomic E-state index is -3.49. The molecule has 0 fully saturated rings. The van der Waals surface area contributed by atoms with Crippen molar-refractivity contribution >= 4 is 33.2 Å². The number of carbonyl (C=O) groups is 1. The summed E-state index contributed by atoms with van der Waals surface area (Å²) in [4.78, 5) is 12.2. The molecule has 0 bridgehead atoms. The number of carbonyl (C=O) groups excluding carboxylic acids is 1. The van der Waals surface area contributed by atoms with Gasteiger partial charge in [-0.2, -0.15) is 0 Å². The van der Waals surface area contributed by atoms with E-state index in [1.54, 1.807) is 25.1 Å². The molecule has 0 atom stereocenters. The molecule has 158 valence electrons. The Hall–Kier alpha value is -2.25. The SMILES string of the molecule is CCOc1cccc(CNC(=O)CCCN(c2cccc(Cl)c2C)S(C)(=O)=O)c1. The van der Waals surface area contributed by atoms with E-state index in [2.05, 4.69) is 5.32 Å². The Kier molecular flexibility index (Phi) is 8.34. The van der Waals surface area contributed by atoms with E-state index in [-0.39, 0.29) is 18.9 Å². The van der Waals surface area contributed by atoms with Crippen molar-refractivity contribution in [1.29, 1.82) is 0 Å². The molecule has 2 aromatic carbocycles. The maximum absolute atomic E-state index is 12.2. The topological polar surface area (TPSA) is 75.7 Å². The zero-order chi connectivity index (χ0) is 21.4. The lowest BCUT2D eigenvalue weighted by Crippen LogP contribution is -2.32. The Bertz CT molecular complexity index is 947. The van der Waals surface area contributed by atoms with Gasteiger partial charge in [-0.25, -0.2) is 8.42 Å². The van der Waals surface area contributed by atoms with Gasteiger partial charge in [0.15, 0.2) is 0 Å². The molecule has 0 aliphatic rings. The van der Waals surface area contributed by atoms with Gasteiger partial charge in [-0.15, -0.1) is 0 Å². The highest BCUT2D eigenvalue weighted by Gasteiger charge is 2.20. The van der Waals surface area contributed by atoms with Crippen molar-refractivity contribution in [2.45, 2.75) is 33.2 Å². The van der Waals surface area contributed by atoms with Gasteiger partial charge in [0.2, 0.25) is 15.9 Å². The Labute approximate surface area is 177 Å². The summed E-state index contributed by atoms with van der Waals surface area (Å²) in [6.45, 7) is 4.87. The average molecular weight is 439 g/mol. The van der Waals surface area contributed by atoms with E-state index in [0.29, 0.717) is 35.8 Å². The predicted octanol–water partition coefficient (Wildman–Crippen LogP) is 3.91. The molecule has 0 saturated heterocycles. The molecule has 6 nitrogen and oxygen atoms in total. The van der Waals surface area contributed by atoms with Crippen molar-refractivity contribution in [3.05, 3.63) is 58.6 Å². The van der Waals surface area contributed by atoms with Crippen LogP contribution in [-0.2, 0) is 21.4 Å². The summed E-state index contributed by atoms with van der Waals surface area (Å²) < 4.78 is 31.2. The van der Waals surface area contributed by atoms with Crippen LogP contribution < -0.4 is 14.4 Å². The number of halogens is 1. The highest BCUT2D eigenvalue weighted by Crippen LogP contribution is 2.28. The van der Waals surface area contributed by atoms with E-state index in [1.807, 2.05) is 31.2 Å². The second-order valence-electron chi connectivity index (χ2n) is 6.68. The summed E-state index contributed by atoms with van der Waals surface area (Å²) in [5, 5.41) is 3.36. The third kappa shape index (κ3) is 6.94. The zero-order valence-electron chi connectivity index (χ0n) is 16.9. The molecule has 8 heteroatoms. The molecule has 0 aliphatic heterocycles. The van der Waals surface area contributed by atoms with E-state index in [0.717, 1.165) is 17.6 Å².